The molecule has 0 atom stereocenters. The van der Waals surface area contributed by atoms with Gasteiger partial charge in [-0.05, 0) is 16.1 Å². The minimum atomic E-state index is 1.13. The van der Waals surface area contributed by atoms with E-state index in [0.717, 1.165) is 5.08 Å². The molecule has 0 aromatic carbocycles. The molecular weight excluding hydrogens is 152 g/mol. The summed E-state index contributed by atoms with van der Waals surface area (Å²) in [6, 6.07) is 0. The molecule has 0 nitrogen and oxygen atoms in total. The first-order valence-corrected chi connectivity index (χ1v) is 6.10. The van der Waals surface area contributed by atoms with Crippen molar-refractivity contribution >= 4 is 44.0 Å². The van der Waals surface area contributed by atoms with E-state index in [1.165, 1.54) is 9.83 Å². The highest BCUT2D eigenvalue weighted by atomic mass is 33.5. The molecule has 0 radical (unpaired) electrons. The Hall–Kier alpha value is 1.40. The van der Waals surface area contributed by atoms with Crippen molar-refractivity contribution in [2.75, 3.05) is 11.3 Å². The van der Waals surface area contributed by atoms with Crippen LogP contribution in [0.5, 0.6) is 0 Å². The molecule has 0 bridgehead atoms. The molecular formula is C2H6S4. The number of hydrogen-bond acceptors (Lipinski definition) is 4. The molecule has 0 fully saturated rings. The lowest BCUT2D eigenvalue weighted by Crippen LogP contribution is -1.53. The standard InChI is InChI=1S/C2H6S4/c1-4-2-5-6-3/h3H,2H2,1H3. The Bertz CT molecular complexity index is 17.5. The average Bonchev–Trinajstić information content (AvgIpc) is 1.61. The third-order valence-corrected chi connectivity index (χ3v) is 3.78. The van der Waals surface area contributed by atoms with Crippen molar-refractivity contribution in [1.29, 1.82) is 0 Å². The molecule has 0 amide bonds. The minimum absolute atomic E-state index is 1.13. The summed E-state index contributed by atoms with van der Waals surface area (Å²) in [6.45, 7) is 0. The zero-order chi connectivity index (χ0) is 4.83. The van der Waals surface area contributed by atoms with Crippen molar-refractivity contribution in [2.45, 2.75) is 0 Å². The van der Waals surface area contributed by atoms with Gasteiger partial charge in [-0.2, -0.15) is 11.8 Å². The van der Waals surface area contributed by atoms with E-state index < -0.39 is 0 Å². The van der Waals surface area contributed by atoms with Gasteiger partial charge in [0.05, 0.1) is 5.08 Å². The van der Waals surface area contributed by atoms with Crippen LogP contribution in [0.4, 0.5) is 0 Å². The second-order valence-electron chi connectivity index (χ2n) is 0.599. The Morgan fingerprint density at radius 3 is 2.50 bits per heavy atom. The molecule has 0 N–H and O–H groups in total. The summed E-state index contributed by atoms with van der Waals surface area (Å²) in [6.07, 6.45) is 2.08. The summed E-state index contributed by atoms with van der Waals surface area (Å²) >= 11 is 5.74. The first-order chi connectivity index (χ1) is 2.91. The topological polar surface area (TPSA) is 0 Å². The van der Waals surface area contributed by atoms with Crippen LogP contribution in [0.25, 0.3) is 0 Å². The third-order valence-electron chi connectivity index (χ3n) is 0.219. The van der Waals surface area contributed by atoms with Gasteiger partial charge in [0.25, 0.3) is 0 Å². The van der Waals surface area contributed by atoms with Crippen molar-refractivity contribution < 1.29 is 0 Å². The fourth-order valence-electron chi connectivity index (χ4n) is 0.0696. The highest BCUT2D eigenvalue weighted by Gasteiger charge is 1.76. The van der Waals surface area contributed by atoms with Crippen molar-refractivity contribution in [3.8, 4) is 0 Å². The Morgan fingerprint density at radius 2 is 2.33 bits per heavy atom. The van der Waals surface area contributed by atoms with E-state index in [1.54, 1.807) is 10.8 Å². The van der Waals surface area contributed by atoms with Crippen molar-refractivity contribution in [3.05, 3.63) is 0 Å². The first kappa shape index (κ1) is 7.40. The van der Waals surface area contributed by atoms with Crippen LogP contribution in [-0.2, 0) is 0 Å². The molecule has 0 unspecified atom stereocenters. The highest BCUT2D eigenvalue weighted by molar-refractivity contribution is 9.06. The van der Waals surface area contributed by atoms with Crippen LogP contribution in [-0.4, -0.2) is 11.3 Å². The van der Waals surface area contributed by atoms with Crippen LogP contribution in [0.2, 0.25) is 0 Å². The fourth-order valence-corrected chi connectivity index (χ4v) is 3.04. The van der Waals surface area contributed by atoms with Gasteiger partial charge in [0, 0.05) is 0 Å². The molecule has 0 saturated heterocycles. The van der Waals surface area contributed by atoms with Gasteiger partial charge in [-0.1, -0.05) is 22.5 Å². The summed E-state index contributed by atoms with van der Waals surface area (Å²) in [4.78, 5) is 0. The fraction of sp³-hybridized carbons (Fsp3) is 1.00. The minimum Gasteiger partial charge on any atom is -0.154 e. The van der Waals surface area contributed by atoms with Gasteiger partial charge in [0.15, 0.2) is 0 Å². The smallest absolute Gasteiger partial charge is 0.0501 e. The lowest BCUT2D eigenvalue weighted by molar-refractivity contribution is 2.26. The van der Waals surface area contributed by atoms with Crippen LogP contribution in [0.1, 0.15) is 0 Å². The Morgan fingerprint density at radius 1 is 1.67 bits per heavy atom. The molecule has 0 aliphatic rings. The third kappa shape index (κ3) is 5.40. The van der Waals surface area contributed by atoms with Gasteiger partial charge in [-0.25, -0.2) is 0 Å². The number of hydrogen-bond donors (Lipinski definition) is 1. The van der Waals surface area contributed by atoms with Crippen LogP contribution in [0, 0.1) is 0 Å². The number of thiol groups is 1. The molecule has 6 heavy (non-hydrogen) atoms. The van der Waals surface area contributed by atoms with Gasteiger partial charge in [0.1, 0.15) is 0 Å². The van der Waals surface area contributed by atoms with E-state index in [1.807, 2.05) is 11.8 Å². The van der Waals surface area contributed by atoms with E-state index >= 15 is 0 Å². The molecule has 0 spiro atoms. The lowest BCUT2D eigenvalue weighted by atomic mass is 11.9. The Labute approximate surface area is 55.4 Å². The lowest BCUT2D eigenvalue weighted by Gasteiger charge is -1.85. The van der Waals surface area contributed by atoms with Crippen LogP contribution in [0.15, 0.2) is 0 Å². The van der Waals surface area contributed by atoms with Gasteiger partial charge < -0.3 is 0 Å². The summed E-state index contributed by atoms with van der Waals surface area (Å²) in [7, 11) is 3.27. The SMILES string of the molecule is CSCSSS. The molecule has 0 aliphatic carbocycles. The van der Waals surface area contributed by atoms with E-state index in [4.69, 9.17) is 0 Å². The average molecular weight is 158 g/mol. The molecule has 4 heteroatoms. The van der Waals surface area contributed by atoms with E-state index in [2.05, 4.69) is 17.9 Å². The maximum atomic E-state index is 3.92. The zero-order valence-corrected chi connectivity index (χ0v) is 6.72. The molecule has 0 rings (SSSR count). The zero-order valence-electron chi connectivity index (χ0n) is 3.38. The van der Waals surface area contributed by atoms with Crippen molar-refractivity contribution in [1.82, 2.24) is 0 Å². The molecule has 0 aliphatic heterocycles. The maximum absolute atomic E-state index is 3.92. The summed E-state index contributed by atoms with van der Waals surface area (Å²) in [5, 5.41) is 1.13. The summed E-state index contributed by atoms with van der Waals surface area (Å²) in [5.74, 6) is 0. The highest BCUT2D eigenvalue weighted by Crippen LogP contribution is 2.27. The summed E-state index contributed by atoms with van der Waals surface area (Å²) < 4.78 is 0. The van der Waals surface area contributed by atoms with Gasteiger partial charge in [-0.3, -0.25) is 0 Å². The Balaban J connectivity index is 2.34. The molecule has 0 aromatic rings. The van der Waals surface area contributed by atoms with Gasteiger partial charge in [0.2, 0.25) is 0 Å². The molecule has 38 valence electrons. The monoisotopic (exact) mass is 158 g/mol. The number of thioether (sulfide) groups is 1. The van der Waals surface area contributed by atoms with E-state index in [0.29, 0.717) is 0 Å². The second kappa shape index (κ2) is 6.40. The van der Waals surface area contributed by atoms with Gasteiger partial charge in [-0.15, -0.1) is 0 Å². The largest absolute Gasteiger partial charge is 0.154 e. The summed E-state index contributed by atoms with van der Waals surface area (Å²) in [5.41, 5.74) is 0. The molecule has 0 heterocycles. The van der Waals surface area contributed by atoms with Crippen LogP contribution in [0.3, 0.4) is 0 Å². The maximum Gasteiger partial charge on any atom is 0.0501 e. The van der Waals surface area contributed by atoms with Crippen LogP contribution >= 0.6 is 44.0 Å². The second-order valence-corrected chi connectivity index (χ2v) is 5.00. The predicted molar refractivity (Wildman–Crippen MR) is 42.6 cm³/mol. The van der Waals surface area contributed by atoms with Crippen molar-refractivity contribution in [2.24, 2.45) is 0 Å². The molecule has 0 saturated carbocycles. The van der Waals surface area contributed by atoms with Gasteiger partial charge >= 0.3 is 0 Å². The van der Waals surface area contributed by atoms with Crippen LogP contribution < -0.4 is 0 Å². The quantitative estimate of drug-likeness (QED) is 0.290. The van der Waals surface area contributed by atoms with E-state index in [9.17, 15) is 0 Å². The number of rotatable bonds is 3. The molecule has 0 aromatic heterocycles. The predicted octanol–water partition coefficient (Wildman–Crippen LogP) is 2.53. The van der Waals surface area contributed by atoms with E-state index in [-0.39, 0.29) is 0 Å². The Kier molecular flexibility index (Phi) is 7.89. The van der Waals surface area contributed by atoms with Crippen molar-refractivity contribution in [3.63, 3.8) is 0 Å². The normalized spacial score (nSPS) is 9.00. The first-order valence-electron chi connectivity index (χ1n) is 1.33.